The van der Waals surface area contributed by atoms with E-state index in [-0.39, 0.29) is 5.91 Å². The van der Waals surface area contributed by atoms with E-state index in [1.165, 1.54) is 49.2 Å². The summed E-state index contributed by atoms with van der Waals surface area (Å²) >= 11 is 2.98. The molecule has 2 aromatic rings. The van der Waals surface area contributed by atoms with Gasteiger partial charge in [-0.3, -0.25) is 9.63 Å². The molecule has 6 heteroatoms. The van der Waals surface area contributed by atoms with Crippen molar-refractivity contribution in [3.8, 4) is 0 Å². The van der Waals surface area contributed by atoms with Gasteiger partial charge in [0.1, 0.15) is 0 Å². The standard InChI is InChI=1S/C14H14OS2.C3H7NO2/c1-3-7-13(8-4-1)11-16-15-17-12-14-9-5-2-6-10-14;1-3(5)4-6-2/h1-10H,11-12H2;1-2H3,(H,4,5). The number of hydrogen-bond donors (Lipinski definition) is 1. The molecule has 0 fully saturated rings. The van der Waals surface area contributed by atoms with Crippen LogP contribution in [0.2, 0.25) is 0 Å². The van der Waals surface area contributed by atoms with Gasteiger partial charge in [-0.2, -0.15) is 0 Å². The summed E-state index contributed by atoms with van der Waals surface area (Å²) in [4.78, 5) is 14.0. The van der Waals surface area contributed by atoms with Crippen LogP contribution in [-0.2, 0) is 24.8 Å². The number of carbonyl (C=O) groups excluding carboxylic acids is 1. The average molecular weight is 351 g/mol. The van der Waals surface area contributed by atoms with Gasteiger partial charge in [-0.15, -0.1) is 0 Å². The van der Waals surface area contributed by atoms with Crippen LogP contribution in [0.5, 0.6) is 0 Å². The molecule has 0 aliphatic rings. The van der Waals surface area contributed by atoms with Crippen LogP contribution in [0, 0.1) is 0 Å². The maximum absolute atomic E-state index is 9.81. The predicted molar refractivity (Wildman–Crippen MR) is 97.4 cm³/mol. The Balaban J connectivity index is 0.000000379. The minimum absolute atomic E-state index is 0.183. The first-order chi connectivity index (χ1) is 11.2. The highest BCUT2D eigenvalue weighted by molar-refractivity contribution is 8.07. The third kappa shape index (κ3) is 10.8. The summed E-state index contributed by atoms with van der Waals surface area (Å²) in [5, 5.41) is 0. The van der Waals surface area contributed by atoms with Gasteiger partial charge in [0.05, 0.1) is 7.11 Å². The first-order valence-corrected chi connectivity index (χ1v) is 8.83. The second-order valence-electron chi connectivity index (χ2n) is 4.43. The van der Waals surface area contributed by atoms with Crippen LogP contribution in [0.3, 0.4) is 0 Å². The molecule has 2 rings (SSSR count). The normalized spacial score (nSPS) is 9.65. The van der Waals surface area contributed by atoms with Crippen LogP contribution < -0.4 is 5.48 Å². The molecule has 4 nitrogen and oxygen atoms in total. The van der Waals surface area contributed by atoms with E-state index in [2.05, 4.69) is 34.6 Å². The van der Waals surface area contributed by atoms with Crippen LogP contribution in [0.25, 0.3) is 0 Å². The van der Waals surface area contributed by atoms with Gasteiger partial charge in [0.25, 0.3) is 0 Å². The lowest BCUT2D eigenvalue weighted by Gasteiger charge is -2.02. The fraction of sp³-hybridized carbons (Fsp3) is 0.235. The fourth-order valence-electron chi connectivity index (χ4n) is 1.51. The molecule has 0 bridgehead atoms. The molecule has 0 aliphatic carbocycles. The number of amides is 1. The fourth-order valence-corrected chi connectivity index (χ4v) is 2.82. The zero-order valence-corrected chi connectivity index (χ0v) is 14.9. The highest BCUT2D eigenvalue weighted by atomic mass is 32.2. The Morgan fingerprint density at radius 2 is 1.35 bits per heavy atom. The summed E-state index contributed by atoms with van der Waals surface area (Å²) < 4.78 is 5.47. The van der Waals surface area contributed by atoms with Gasteiger partial charge in [0, 0.05) is 42.5 Å². The largest absolute Gasteiger partial charge is 0.277 e. The van der Waals surface area contributed by atoms with Crippen molar-refractivity contribution in [1.82, 2.24) is 5.48 Å². The number of nitrogens with one attached hydrogen (secondary N) is 1. The first kappa shape index (κ1) is 19.6. The Labute approximate surface area is 146 Å². The van der Waals surface area contributed by atoms with Crippen LogP contribution >= 0.6 is 24.1 Å². The Bertz CT molecular complexity index is 497. The van der Waals surface area contributed by atoms with Crippen LogP contribution in [0.15, 0.2) is 60.7 Å². The lowest BCUT2D eigenvalue weighted by molar-refractivity contribution is -0.128. The summed E-state index contributed by atoms with van der Waals surface area (Å²) in [6.45, 7) is 1.38. The van der Waals surface area contributed by atoms with E-state index < -0.39 is 0 Å². The molecule has 0 unspecified atom stereocenters. The molecule has 0 atom stereocenters. The molecular formula is C17H21NO3S2. The molecule has 0 radical (unpaired) electrons. The molecule has 0 saturated heterocycles. The molecular weight excluding hydrogens is 330 g/mol. The molecule has 23 heavy (non-hydrogen) atoms. The van der Waals surface area contributed by atoms with E-state index in [0.29, 0.717) is 0 Å². The topological polar surface area (TPSA) is 47.6 Å². The first-order valence-electron chi connectivity index (χ1n) is 7.01. The second-order valence-corrected chi connectivity index (χ2v) is 6.02. The van der Waals surface area contributed by atoms with Gasteiger partial charge in [-0.05, 0) is 11.1 Å². The lowest BCUT2D eigenvalue weighted by atomic mass is 10.2. The van der Waals surface area contributed by atoms with Gasteiger partial charge in [0.15, 0.2) is 0 Å². The van der Waals surface area contributed by atoms with Crippen LogP contribution in [0.1, 0.15) is 18.1 Å². The van der Waals surface area contributed by atoms with Crippen molar-refractivity contribution < 1.29 is 13.3 Å². The molecule has 0 saturated carbocycles. The third-order valence-electron chi connectivity index (χ3n) is 2.48. The van der Waals surface area contributed by atoms with E-state index in [4.69, 9.17) is 3.63 Å². The number of rotatable bonds is 7. The number of carbonyl (C=O) groups is 1. The molecule has 2 aromatic carbocycles. The highest BCUT2D eigenvalue weighted by Gasteiger charge is 1.95. The molecule has 0 spiro atoms. The summed E-state index contributed by atoms with van der Waals surface area (Å²) in [5.74, 6) is 1.60. The smallest absolute Gasteiger partial charge is 0.240 e. The van der Waals surface area contributed by atoms with Crippen molar-refractivity contribution in [3.05, 3.63) is 71.8 Å². The lowest BCUT2D eigenvalue weighted by Crippen LogP contribution is -2.17. The van der Waals surface area contributed by atoms with Gasteiger partial charge in [-0.25, -0.2) is 9.11 Å². The SMILES string of the molecule is CONC(C)=O.c1ccc(CSOSCc2ccccc2)cc1. The zero-order chi connectivity index (χ0) is 16.8. The van der Waals surface area contributed by atoms with Crippen LogP contribution in [-0.4, -0.2) is 13.0 Å². The maximum atomic E-state index is 9.81. The maximum Gasteiger partial charge on any atom is 0.240 e. The second kappa shape index (κ2) is 13.0. The summed E-state index contributed by atoms with van der Waals surface area (Å²) in [7, 11) is 1.39. The minimum atomic E-state index is -0.183. The van der Waals surface area contributed by atoms with E-state index in [1.54, 1.807) is 0 Å². The molecule has 1 amide bonds. The summed E-state index contributed by atoms with van der Waals surface area (Å²) in [6, 6.07) is 20.7. The molecule has 0 aromatic heterocycles. The van der Waals surface area contributed by atoms with Crippen molar-refractivity contribution in [3.63, 3.8) is 0 Å². The Morgan fingerprint density at radius 3 is 1.65 bits per heavy atom. The Morgan fingerprint density at radius 1 is 0.913 bits per heavy atom. The third-order valence-corrected chi connectivity index (χ3v) is 4.15. The van der Waals surface area contributed by atoms with Crippen molar-refractivity contribution in [2.45, 2.75) is 18.4 Å². The number of benzene rings is 2. The average Bonchev–Trinajstić information content (AvgIpc) is 2.57. The van der Waals surface area contributed by atoms with E-state index in [0.717, 1.165) is 11.5 Å². The highest BCUT2D eigenvalue weighted by Crippen LogP contribution is 2.22. The van der Waals surface area contributed by atoms with Crippen molar-refractivity contribution >= 4 is 30.0 Å². The minimum Gasteiger partial charge on any atom is -0.277 e. The number of hydrogen-bond acceptors (Lipinski definition) is 5. The summed E-state index contributed by atoms with van der Waals surface area (Å²) in [6.07, 6.45) is 0. The number of hydroxylamine groups is 1. The van der Waals surface area contributed by atoms with E-state index in [1.807, 2.05) is 36.4 Å². The van der Waals surface area contributed by atoms with Crippen molar-refractivity contribution in [2.24, 2.45) is 0 Å². The van der Waals surface area contributed by atoms with Gasteiger partial charge in [0.2, 0.25) is 5.91 Å². The Kier molecular flexibility index (Phi) is 11.1. The molecule has 1 N–H and O–H groups in total. The summed E-state index contributed by atoms with van der Waals surface area (Å²) in [5.41, 5.74) is 4.65. The quantitative estimate of drug-likeness (QED) is 0.456. The molecule has 0 heterocycles. The van der Waals surface area contributed by atoms with Gasteiger partial charge < -0.3 is 0 Å². The zero-order valence-electron chi connectivity index (χ0n) is 13.2. The molecule has 0 aliphatic heterocycles. The Hall–Kier alpha value is -1.47. The molecule has 124 valence electrons. The van der Waals surface area contributed by atoms with Crippen LogP contribution in [0.4, 0.5) is 0 Å². The van der Waals surface area contributed by atoms with Crippen molar-refractivity contribution in [1.29, 1.82) is 0 Å². The van der Waals surface area contributed by atoms with Crippen molar-refractivity contribution in [2.75, 3.05) is 7.11 Å². The monoisotopic (exact) mass is 351 g/mol. The van der Waals surface area contributed by atoms with Gasteiger partial charge in [-0.1, -0.05) is 60.7 Å². The predicted octanol–water partition coefficient (Wildman–Crippen LogP) is 4.38. The van der Waals surface area contributed by atoms with E-state index in [9.17, 15) is 4.79 Å². The van der Waals surface area contributed by atoms with Gasteiger partial charge >= 0.3 is 0 Å². The van der Waals surface area contributed by atoms with E-state index >= 15 is 0 Å².